The third-order valence-electron chi connectivity index (χ3n) is 2.33. The number of nitrogens with one attached hydrogen (secondary N) is 1. The summed E-state index contributed by atoms with van der Waals surface area (Å²) >= 11 is 0. The molecule has 0 aromatic carbocycles. The molecule has 1 aromatic rings. The Bertz CT molecular complexity index is 607. The van der Waals surface area contributed by atoms with Crippen molar-refractivity contribution in [3.63, 3.8) is 0 Å². The number of aromatic amines is 1. The zero-order chi connectivity index (χ0) is 15.5. The lowest BCUT2D eigenvalue weighted by Gasteiger charge is -2.21. The van der Waals surface area contributed by atoms with Crippen LogP contribution < -0.4 is 5.73 Å². The van der Waals surface area contributed by atoms with Gasteiger partial charge < -0.3 is 10.8 Å². The monoisotopic (exact) mass is 304 g/mol. The van der Waals surface area contributed by atoms with E-state index in [4.69, 9.17) is 10.8 Å². The number of hydrogen-bond donors (Lipinski definition) is 3. The number of aromatic nitrogens is 2. The first kappa shape index (κ1) is 16.1. The van der Waals surface area contributed by atoms with Crippen LogP contribution in [0.4, 0.5) is 0 Å². The number of sulfonamides is 1. The Labute approximate surface area is 115 Å². The van der Waals surface area contributed by atoms with Crippen molar-refractivity contribution in [2.75, 3.05) is 13.1 Å². The van der Waals surface area contributed by atoms with E-state index in [0.29, 0.717) is 0 Å². The number of rotatable bonds is 7. The molecule has 0 radical (unpaired) electrons. The van der Waals surface area contributed by atoms with Crippen LogP contribution in [0.2, 0.25) is 0 Å². The molecule has 0 fully saturated rings. The Kier molecular flexibility index (Phi) is 4.84. The lowest BCUT2D eigenvalue weighted by Crippen LogP contribution is -2.41. The van der Waals surface area contributed by atoms with Crippen molar-refractivity contribution in [2.24, 2.45) is 11.7 Å². The highest BCUT2D eigenvalue weighted by Gasteiger charge is 2.32. The summed E-state index contributed by atoms with van der Waals surface area (Å²) in [5, 5.41) is 13.9. The van der Waals surface area contributed by atoms with Crippen molar-refractivity contribution in [3.8, 4) is 0 Å². The summed E-state index contributed by atoms with van der Waals surface area (Å²) in [5.41, 5.74) is 4.55. The summed E-state index contributed by atoms with van der Waals surface area (Å²) in [6.07, 6.45) is 0.896. The third-order valence-corrected chi connectivity index (χ3v) is 4.12. The van der Waals surface area contributed by atoms with Crippen LogP contribution in [0.15, 0.2) is 11.2 Å². The van der Waals surface area contributed by atoms with Crippen LogP contribution in [0.3, 0.4) is 0 Å². The first-order chi connectivity index (χ1) is 9.16. The molecule has 0 atom stereocenters. The van der Waals surface area contributed by atoms with Crippen molar-refractivity contribution in [3.05, 3.63) is 11.8 Å². The quantitative estimate of drug-likeness (QED) is 0.603. The molecular weight excluding hydrogens is 288 g/mol. The predicted octanol–water partition coefficient (Wildman–Crippen LogP) is -0.760. The number of carboxylic acids is 1. The maximum Gasteiger partial charge on any atom is 0.340 e. The van der Waals surface area contributed by atoms with Crippen molar-refractivity contribution < 1.29 is 23.1 Å². The molecule has 0 aliphatic carbocycles. The van der Waals surface area contributed by atoms with Gasteiger partial charge in [-0.3, -0.25) is 9.89 Å². The molecule has 10 heteroatoms. The summed E-state index contributed by atoms with van der Waals surface area (Å²) in [4.78, 5) is 22.0. The molecule has 1 aromatic heterocycles. The number of aromatic carboxylic acids is 1. The average Bonchev–Trinajstić information content (AvgIpc) is 2.76. The molecule has 0 saturated carbocycles. The van der Waals surface area contributed by atoms with Crippen LogP contribution in [0.1, 0.15) is 24.2 Å². The molecule has 1 rings (SSSR count). The van der Waals surface area contributed by atoms with E-state index in [9.17, 15) is 18.0 Å². The number of hydrogen-bond acceptors (Lipinski definition) is 5. The summed E-state index contributed by atoms with van der Waals surface area (Å²) in [7, 11) is -4.19. The highest BCUT2D eigenvalue weighted by Crippen LogP contribution is 2.18. The molecule has 0 unspecified atom stereocenters. The van der Waals surface area contributed by atoms with E-state index >= 15 is 0 Å². The molecule has 0 spiro atoms. The number of carbonyl (C=O) groups excluding carboxylic acids is 1. The lowest BCUT2D eigenvalue weighted by molar-refractivity contribution is -0.118. The van der Waals surface area contributed by atoms with Gasteiger partial charge in [-0.25, -0.2) is 13.2 Å². The smallest absolute Gasteiger partial charge is 0.340 e. The van der Waals surface area contributed by atoms with E-state index in [1.54, 1.807) is 13.8 Å². The summed E-state index contributed by atoms with van der Waals surface area (Å²) in [5.74, 6) is -2.33. The van der Waals surface area contributed by atoms with Crippen LogP contribution in [-0.2, 0) is 14.8 Å². The van der Waals surface area contributed by atoms with Gasteiger partial charge in [0, 0.05) is 6.54 Å². The highest BCUT2D eigenvalue weighted by atomic mass is 32.2. The van der Waals surface area contributed by atoms with Gasteiger partial charge in [-0.15, -0.1) is 0 Å². The van der Waals surface area contributed by atoms with Gasteiger partial charge in [0.25, 0.3) is 10.0 Å². The van der Waals surface area contributed by atoms with Gasteiger partial charge >= 0.3 is 5.97 Å². The van der Waals surface area contributed by atoms with Crippen molar-refractivity contribution in [1.29, 1.82) is 0 Å². The molecule has 4 N–H and O–H groups in total. The van der Waals surface area contributed by atoms with Crippen molar-refractivity contribution in [2.45, 2.75) is 18.9 Å². The minimum Gasteiger partial charge on any atom is -0.478 e. The van der Waals surface area contributed by atoms with Crippen LogP contribution in [0.25, 0.3) is 0 Å². The van der Waals surface area contributed by atoms with Gasteiger partial charge in [-0.2, -0.15) is 9.40 Å². The fourth-order valence-electron chi connectivity index (χ4n) is 1.58. The lowest BCUT2D eigenvalue weighted by atomic mass is 10.2. The van der Waals surface area contributed by atoms with Gasteiger partial charge in [0.05, 0.1) is 12.7 Å². The SMILES string of the molecule is CC(C)CN(CC(N)=O)S(=O)(=O)c1[nH]ncc1C(=O)O. The minimum absolute atomic E-state index is 0.0311. The Morgan fingerprint density at radius 3 is 2.55 bits per heavy atom. The van der Waals surface area contributed by atoms with E-state index in [0.717, 1.165) is 10.5 Å². The number of nitrogens with zero attached hydrogens (tertiary/aromatic N) is 2. The second kappa shape index (κ2) is 6.01. The number of primary amides is 1. The molecule has 20 heavy (non-hydrogen) atoms. The Hall–Kier alpha value is -1.94. The van der Waals surface area contributed by atoms with Crippen LogP contribution in [0.5, 0.6) is 0 Å². The maximum absolute atomic E-state index is 12.4. The molecule has 1 amide bonds. The highest BCUT2D eigenvalue weighted by molar-refractivity contribution is 7.89. The van der Waals surface area contributed by atoms with Gasteiger partial charge in [0.1, 0.15) is 5.56 Å². The third kappa shape index (κ3) is 3.54. The standard InChI is InChI=1S/C10H16N4O5S/c1-6(2)4-14(5-8(11)15)20(18,19)9-7(10(16)17)3-12-13-9/h3,6H,4-5H2,1-2H3,(H2,11,15)(H,12,13)(H,16,17). The number of H-pyrrole nitrogens is 1. The second-order valence-corrected chi connectivity index (χ2v) is 6.45. The molecule has 0 aliphatic rings. The molecule has 9 nitrogen and oxygen atoms in total. The topological polar surface area (TPSA) is 146 Å². The molecule has 112 valence electrons. The summed E-state index contributed by atoms with van der Waals surface area (Å²) < 4.78 is 25.6. The van der Waals surface area contributed by atoms with Gasteiger partial charge in [-0.1, -0.05) is 13.8 Å². The maximum atomic E-state index is 12.4. The van der Waals surface area contributed by atoms with E-state index < -0.39 is 39.0 Å². The van der Waals surface area contributed by atoms with E-state index in [1.165, 1.54) is 0 Å². The molecule has 0 aliphatic heterocycles. The first-order valence-corrected chi connectivity index (χ1v) is 7.15. The van der Waals surface area contributed by atoms with Crippen LogP contribution >= 0.6 is 0 Å². The van der Waals surface area contributed by atoms with Crippen LogP contribution in [-0.4, -0.2) is 53.0 Å². The predicted molar refractivity (Wildman–Crippen MR) is 68.3 cm³/mol. The summed E-state index contributed by atoms with van der Waals surface area (Å²) in [6.45, 7) is 3.02. The fraction of sp³-hybridized carbons (Fsp3) is 0.500. The Balaban J connectivity index is 3.25. The van der Waals surface area contributed by atoms with Crippen molar-refractivity contribution >= 4 is 21.9 Å². The number of amides is 1. The number of nitrogens with two attached hydrogens (primary N) is 1. The molecule has 1 heterocycles. The van der Waals surface area contributed by atoms with Crippen molar-refractivity contribution in [1.82, 2.24) is 14.5 Å². The normalized spacial score (nSPS) is 12.0. The summed E-state index contributed by atoms with van der Waals surface area (Å²) in [6, 6.07) is 0. The van der Waals surface area contributed by atoms with Gasteiger partial charge in [-0.05, 0) is 5.92 Å². The zero-order valence-electron chi connectivity index (χ0n) is 11.0. The van der Waals surface area contributed by atoms with E-state index in [1.807, 2.05) is 0 Å². The number of carboxylic acid groups (broad SMARTS) is 1. The minimum atomic E-state index is -4.19. The van der Waals surface area contributed by atoms with E-state index in [2.05, 4.69) is 10.2 Å². The Morgan fingerprint density at radius 1 is 1.50 bits per heavy atom. The fourth-order valence-corrected chi connectivity index (χ4v) is 3.22. The van der Waals surface area contributed by atoms with Gasteiger partial charge in [0.2, 0.25) is 5.91 Å². The largest absolute Gasteiger partial charge is 0.478 e. The Morgan fingerprint density at radius 2 is 2.10 bits per heavy atom. The molecular formula is C10H16N4O5S. The zero-order valence-corrected chi connectivity index (χ0v) is 11.8. The van der Waals surface area contributed by atoms with Gasteiger partial charge in [0.15, 0.2) is 5.03 Å². The van der Waals surface area contributed by atoms with E-state index in [-0.39, 0.29) is 12.5 Å². The average molecular weight is 304 g/mol. The first-order valence-electron chi connectivity index (χ1n) is 5.71. The number of carbonyl (C=O) groups is 2. The second-order valence-electron chi connectivity index (χ2n) is 4.58. The van der Waals surface area contributed by atoms with Crippen LogP contribution in [0, 0.1) is 5.92 Å². The molecule has 0 bridgehead atoms. The molecule has 0 saturated heterocycles.